The van der Waals surface area contributed by atoms with Gasteiger partial charge in [-0.05, 0) is 38.1 Å². The highest BCUT2D eigenvalue weighted by Gasteiger charge is 2.31. The van der Waals surface area contributed by atoms with Crippen LogP contribution in [-0.4, -0.2) is 23.2 Å². The molecule has 0 saturated heterocycles. The van der Waals surface area contributed by atoms with E-state index in [1.165, 1.54) is 18.5 Å². The average Bonchev–Trinajstić information content (AvgIpc) is 2.61. The minimum absolute atomic E-state index is 0.105. The topological polar surface area (TPSA) is 96.3 Å². The molecule has 6 nitrogen and oxygen atoms in total. The van der Waals surface area contributed by atoms with E-state index in [0.717, 1.165) is 0 Å². The van der Waals surface area contributed by atoms with Crippen LogP contribution in [-0.2, 0) is 10.3 Å². The van der Waals surface area contributed by atoms with Crippen LogP contribution in [0.3, 0.4) is 0 Å². The number of nitrogens with zero attached hydrogens (tertiary/aromatic N) is 2. The van der Waals surface area contributed by atoms with Crippen molar-refractivity contribution in [2.24, 2.45) is 11.5 Å². The first-order valence-corrected chi connectivity index (χ1v) is 8.62. The lowest BCUT2D eigenvalue weighted by Gasteiger charge is -2.29. The van der Waals surface area contributed by atoms with Gasteiger partial charge in [0.1, 0.15) is 23.7 Å². The van der Waals surface area contributed by atoms with Gasteiger partial charge >= 0.3 is 0 Å². The van der Waals surface area contributed by atoms with E-state index in [-0.39, 0.29) is 11.9 Å². The number of hydrogen-bond acceptors (Lipinski definition) is 6. The van der Waals surface area contributed by atoms with Gasteiger partial charge in [-0.1, -0.05) is 6.08 Å². The molecule has 1 aromatic carbocycles. The van der Waals surface area contributed by atoms with Gasteiger partial charge in [-0.3, -0.25) is 0 Å². The van der Waals surface area contributed by atoms with E-state index in [9.17, 15) is 4.39 Å². The second-order valence-corrected chi connectivity index (χ2v) is 6.74. The number of nitrogens with two attached hydrogens (primary N) is 2. The molecular weight excluding hydrogens is 347 g/mol. The first kappa shape index (κ1) is 18.8. The van der Waals surface area contributed by atoms with Crippen molar-refractivity contribution in [3.05, 3.63) is 65.7 Å². The first-order chi connectivity index (χ1) is 12.8. The highest BCUT2D eigenvalue weighted by atomic mass is 19.1. The fraction of sp³-hybridized carbons (Fsp3) is 0.300. The summed E-state index contributed by atoms with van der Waals surface area (Å²) in [6, 6.07) is 6.13. The van der Waals surface area contributed by atoms with Crippen LogP contribution in [0.1, 0.15) is 26.0 Å². The van der Waals surface area contributed by atoms with Gasteiger partial charge in [0.05, 0.1) is 35.8 Å². The Balaban J connectivity index is 2.01. The van der Waals surface area contributed by atoms with E-state index in [1.54, 1.807) is 25.3 Å². The number of ether oxygens (including phenoxy) is 2. The number of rotatable bonds is 5. The second kappa shape index (κ2) is 7.36. The number of halogens is 1. The van der Waals surface area contributed by atoms with Crippen LogP contribution in [0.15, 0.2) is 54.2 Å². The largest absolute Gasteiger partial charge is 0.495 e. The number of allylic oxidation sites excluding steroid dienone is 1. The third-order valence-corrected chi connectivity index (χ3v) is 4.28. The SMILES string of the molecule is COC1=C(N)CC(N)(c2cc(-c3ccc(F)cc3OC(C)C)ncn2)C=C1. The van der Waals surface area contributed by atoms with Crippen LogP contribution >= 0.6 is 0 Å². The van der Waals surface area contributed by atoms with Crippen molar-refractivity contribution < 1.29 is 13.9 Å². The lowest BCUT2D eigenvalue weighted by Crippen LogP contribution is -2.39. The van der Waals surface area contributed by atoms with E-state index < -0.39 is 5.54 Å². The molecule has 27 heavy (non-hydrogen) atoms. The maximum Gasteiger partial charge on any atom is 0.137 e. The lowest BCUT2D eigenvalue weighted by molar-refractivity contribution is 0.242. The van der Waals surface area contributed by atoms with Crippen LogP contribution in [0.4, 0.5) is 4.39 Å². The van der Waals surface area contributed by atoms with Crippen molar-refractivity contribution >= 4 is 0 Å². The molecule has 1 aliphatic rings. The Morgan fingerprint density at radius 3 is 2.67 bits per heavy atom. The lowest BCUT2D eigenvalue weighted by atomic mass is 9.86. The summed E-state index contributed by atoms with van der Waals surface area (Å²) >= 11 is 0. The molecule has 1 aromatic heterocycles. The van der Waals surface area contributed by atoms with Crippen molar-refractivity contribution in [1.82, 2.24) is 9.97 Å². The molecule has 142 valence electrons. The quantitative estimate of drug-likeness (QED) is 0.840. The summed E-state index contributed by atoms with van der Waals surface area (Å²) in [4.78, 5) is 8.65. The van der Waals surface area contributed by atoms with E-state index in [2.05, 4.69) is 9.97 Å². The zero-order valence-electron chi connectivity index (χ0n) is 15.6. The molecule has 4 N–H and O–H groups in total. The van der Waals surface area contributed by atoms with Gasteiger partial charge in [-0.25, -0.2) is 14.4 Å². The maximum atomic E-state index is 13.7. The molecular formula is C20H23FN4O2. The molecule has 7 heteroatoms. The molecule has 0 saturated carbocycles. The predicted molar refractivity (Wildman–Crippen MR) is 101 cm³/mol. The number of methoxy groups -OCH3 is 1. The van der Waals surface area contributed by atoms with Gasteiger partial charge in [0.15, 0.2) is 0 Å². The van der Waals surface area contributed by atoms with Crippen LogP contribution in [0.5, 0.6) is 5.75 Å². The summed E-state index contributed by atoms with van der Waals surface area (Å²) in [6.45, 7) is 3.76. The zero-order valence-corrected chi connectivity index (χ0v) is 15.6. The molecule has 2 aromatic rings. The van der Waals surface area contributed by atoms with Crippen molar-refractivity contribution in [2.45, 2.75) is 31.9 Å². The van der Waals surface area contributed by atoms with E-state index >= 15 is 0 Å². The molecule has 1 aliphatic carbocycles. The van der Waals surface area contributed by atoms with Crippen LogP contribution in [0.2, 0.25) is 0 Å². The third kappa shape index (κ3) is 3.93. The fourth-order valence-corrected chi connectivity index (χ4v) is 2.99. The molecule has 0 aliphatic heterocycles. The second-order valence-electron chi connectivity index (χ2n) is 6.74. The van der Waals surface area contributed by atoms with Gasteiger partial charge in [-0.2, -0.15) is 0 Å². The molecule has 0 fully saturated rings. The summed E-state index contributed by atoms with van der Waals surface area (Å²) in [5, 5.41) is 0. The zero-order chi connectivity index (χ0) is 19.6. The first-order valence-electron chi connectivity index (χ1n) is 8.62. The Morgan fingerprint density at radius 2 is 2.00 bits per heavy atom. The van der Waals surface area contributed by atoms with Crippen LogP contribution in [0, 0.1) is 5.82 Å². The summed E-state index contributed by atoms with van der Waals surface area (Å²) in [6.07, 6.45) is 5.24. The van der Waals surface area contributed by atoms with Crippen LogP contribution < -0.4 is 16.2 Å². The van der Waals surface area contributed by atoms with E-state index in [0.29, 0.717) is 40.6 Å². The standard InChI is InChI=1S/C20H23FN4O2/c1-12(2)27-18-8-13(21)4-5-14(18)16-9-19(25-11-24-16)20(23)7-6-17(26-3)15(22)10-20/h4-9,11-12H,10,22-23H2,1-3H3. The molecule has 0 amide bonds. The Bertz CT molecular complexity index is 911. The Labute approximate surface area is 157 Å². The third-order valence-electron chi connectivity index (χ3n) is 4.28. The Morgan fingerprint density at radius 1 is 1.22 bits per heavy atom. The van der Waals surface area contributed by atoms with Crippen molar-refractivity contribution in [1.29, 1.82) is 0 Å². The molecule has 3 rings (SSSR count). The highest BCUT2D eigenvalue weighted by Crippen LogP contribution is 2.34. The molecule has 0 radical (unpaired) electrons. The highest BCUT2D eigenvalue weighted by molar-refractivity contribution is 5.67. The summed E-state index contributed by atoms with van der Waals surface area (Å²) in [7, 11) is 1.56. The molecule has 1 heterocycles. The van der Waals surface area contributed by atoms with E-state index in [4.69, 9.17) is 20.9 Å². The predicted octanol–water partition coefficient (Wildman–Crippen LogP) is 3.00. The smallest absolute Gasteiger partial charge is 0.137 e. The molecule has 1 atom stereocenters. The van der Waals surface area contributed by atoms with Crippen molar-refractivity contribution in [2.75, 3.05) is 7.11 Å². The Kier molecular flexibility index (Phi) is 5.14. The average molecular weight is 370 g/mol. The molecule has 0 spiro atoms. The summed E-state index contributed by atoms with van der Waals surface area (Å²) in [5.74, 6) is 0.636. The number of hydrogen-bond donors (Lipinski definition) is 2. The summed E-state index contributed by atoms with van der Waals surface area (Å²) < 4.78 is 24.6. The Hall–Kier alpha value is -2.93. The monoisotopic (exact) mass is 370 g/mol. The van der Waals surface area contributed by atoms with Crippen LogP contribution in [0.25, 0.3) is 11.3 Å². The fourth-order valence-electron chi connectivity index (χ4n) is 2.99. The number of aromatic nitrogens is 2. The minimum atomic E-state index is -0.886. The molecule has 1 unspecified atom stereocenters. The minimum Gasteiger partial charge on any atom is -0.495 e. The maximum absolute atomic E-state index is 13.7. The van der Waals surface area contributed by atoms with Crippen molar-refractivity contribution in [3.8, 4) is 17.0 Å². The van der Waals surface area contributed by atoms with Gasteiger partial charge in [-0.15, -0.1) is 0 Å². The molecule has 0 bridgehead atoms. The van der Waals surface area contributed by atoms with Gasteiger partial charge in [0, 0.05) is 18.1 Å². The van der Waals surface area contributed by atoms with Crippen molar-refractivity contribution in [3.63, 3.8) is 0 Å². The van der Waals surface area contributed by atoms with Gasteiger partial charge in [0.25, 0.3) is 0 Å². The summed E-state index contributed by atoms with van der Waals surface area (Å²) in [5.41, 5.74) is 14.1. The van der Waals surface area contributed by atoms with E-state index in [1.807, 2.05) is 19.9 Å². The van der Waals surface area contributed by atoms with Gasteiger partial charge < -0.3 is 20.9 Å². The normalized spacial score (nSPS) is 19.5. The van der Waals surface area contributed by atoms with Gasteiger partial charge in [0.2, 0.25) is 0 Å². The number of benzene rings is 1.